The molecule has 0 spiro atoms. The van der Waals surface area contributed by atoms with Gasteiger partial charge in [-0.05, 0) is 68.9 Å². The molecular weight excluding hydrogens is 1120 g/mol. The van der Waals surface area contributed by atoms with E-state index in [9.17, 15) is 59.3 Å². The van der Waals surface area contributed by atoms with Crippen LogP contribution in [0.25, 0.3) is 0 Å². The van der Waals surface area contributed by atoms with Crippen molar-refractivity contribution < 1.29 is 93.5 Å². The first-order valence-electron chi connectivity index (χ1n) is 21.8. The van der Waals surface area contributed by atoms with E-state index in [0.29, 0.717) is 24.0 Å². The van der Waals surface area contributed by atoms with E-state index in [0.717, 1.165) is 29.9 Å². The quantitative estimate of drug-likeness (QED) is 0.0349. The molecule has 0 atom stereocenters. The van der Waals surface area contributed by atoms with Crippen LogP contribution in [0, 0.1) is 25.1 Å². The van der Waals surface area contributed by atoms with E-state index in [1.54, 1.807) is 4.72 Å². The van der Waals surface area contributed by atoms with Gasteiger partial charge in [0.25, 0.3) is 27.7 Å². The van der Waals surface area contributed by atoms with E-state index in [2.05, 4.69) is 31.5 Å². The van der Waals surface area contributed by atoms with Gasteiger partial charge in [-0.1, -0.05) is 47.3 Å². The molecule has 3 aromatic carbocycles. The number of carboxylic acid groups (broad SMARTS) is 2. The number of alkyl halides is 3. The first-order valence-corrected chi connectivity index (χ1v) is 25.8. The third-order valence-electron chi connectivity index (χ3n) is 10.2. The fourth-order valence-corrected chi connectivity index (χ4v) is 9.05. The first kappa shape index (κ1) is 62.1. The van der Waals surface area contributed by atoms with Gasteiger partial charge in [0, 0.05) is 23.6 Å². The number of nitrogens with zero attached hydrogens (tertiary/aromatic N) is 5. The summed E-state index contributed by atoms with van der Waals surface area (Å²) in [4.78, 5) is 99.4. The molecule has 414 valence electrons. The second kappa shape index (κ2) is 27.0. The summed E-state index contributed by atoms with van der Waals surface area (Å²) in [5, 5.41) is 21.3. The topological polar surface area (TPSA) is 343 Å². The maximum Gasteiger partial charge on any atom is 0.389 e. The molecule has 0 unspecified atom stereocenters. The van der Waals surface area contributed by atoms with Gasteiger partial charge in [-0.2, -0.15) is 28.1 Å². The number of terminal acetylenes is 1. The van der Waals surface area contributed by atoms with E-state index in [1.807, 2.05) is 0 Å². The smallest absolute Gasteiger partial charge is 0.389 e. The third-order valence-corrected chi connectivity index (χ3v) is 12.9. The molecule has 3 heterocycles. The minimum Gasteiger partial charge on any atom is -0.494 e. The standard InChI is InChI=1S/C19H15FN2O4.C15H16F3N5O4S.C8H6Cl2O3.C3H8NO5P/c1-2-7-21-15-9-14(13(20)8-16(15)26-10-17(21)23)22-18(24)11-5-3-4-6-12(11)19(22)25;1-9-19-12(22-14(20-9)27-2)21-13(24)23-28(25,26)11-6-4-3-5-10(11)7-8-15(16,17)18;1-13-7-5(10)3-2-4(9)6(7)8(11)12;5-3(6)1-4-2-10(7,8)9/h1,8-9H,3-7,10H2;3-6H,7-8H2,1-2H3,(H2,19,20,21,22,23,24);2-3H,1H3,(H,11,12);4H,1-2H2,(H,5,6)(H2,7,8,9). The average Bonchev–Trinajstić information content (AvgIpc) is 3.60. The molecule has 0 radical (unpaired) electrons. The first-order chi connectivity index (χ1) is 36.0. The number of carboxylic acids is 2. The molecule has 0 fully saturated rings. The van der Waals surface area contributed by atoms with Gasteiger partial charge in [-0.25, -0.2) is 32.0 Å². The van der Waals surface area contributed by atoms with Crippen molar-refractivity contribution in [3.05, 3.63) is 92.5 Å². The van der Waals surface area contributed by atoms with Gasteiger partial charge in [-0.15, -0.1) is 6.42 Å². The van der Waals surface area contributed by atoms with E-state index in [-0.39, 0.29) is 80.9 Å². The molecule has 1 aromatic heterocycles. The number of sulfonamides is 1. The summed E-state index contributed by atoms with van der Waals surface area (Å²) >= 11 is 11.4. The van der Waals surface area contributed by atoms with Gasteiger partial charge in [-0.3, -0.25) is 39.3 Å². The van der Waals surface area contributed by atoms with Crippen molar-refractivity contribution in [1.82, 2.24) is 25.0 Å². The van der Waals surface area contributed by atoms with Crippen molar-refractivity contribution in [1.29, 1.82) is 0 Å². The number of anilines is 3. The number of aryl methyl sites for hydroxylation is 2. The van der Waals surface area contributed by atoms with Gasteiger partial charge in [0.2, 0.25) is 5.95 Å². The molecule has 5 amide bonds. The van der Waals surface area contributed by atoms with Gasteiger partial charge in [0.15, 0.2) is 18.2 Å². The number of methoxy groups -OCH3 is 2. The van der Waals surface area contributed by atoms with Crippen LogP contribution in [0.1, 0.15) is 53.8 Å². The number of ether oxygens (including phenoxy) is 3. The Hall–Kier alpha value is -7.45. The molecule has 0 saturated heterocycles. The third kappa shape index (κ3) is 17.5. The Morgan fingerprint density at radius 3 is 2.10 bits per heavy atom. The predicted octanol–water partition coefficient (Wildman–Crippen LogP) is 5.62. The maximum atomic E-state index is 14.7. The van der Waals surface area contributed by atoms with Crippen molar-refractivity contribution in [2.75, 3.05) is 55.3 Å². The minimum atomic E-state index is -4.45. The molecule has 0 saturated carbocycles. The predicted molar refractivity (Wildman–Crippen MR) is 265 cm³/mol. The molecule has 32 heteroatoms. The Bertz CT molecular complexity index is 3150. The lowest BCUT2D eigenvalue weighted by Gasteiger charge is -2.29. The van der Waals surface area contributed by atoms with Crippen LogP contribution in [0.3, 0.4) is 0 Å². The number of hydrogen-bond donors (Lipinski definition) is 7. The highest BCUT2D eigenvalue weighted by atomic mass is 35.5. The molecule has 77 heavy (non-hydrogen) atoms. The minimum absolute atomic E-state index is 0.0170. The molecule has 24 nitrogen and oxygen atoms in total. The van der Waals surface area contributed by atoms with Crippen molar-refractivity contribution in [2.24, 2.45) is 0 Å². The average molecular weight is 1160 g/mol. The molecular formula is C45H45Cl2F4N8O16PS. The molecule has 3 aliphatic rings. The lowest BCUT2D eigenvalue weighted by atomic mass is 9.93. The van der Waals surface area contributed by atoms with Gasteiger partial charge in [0.05, 0.1) is 59.9 Å². The zero-order valence-electron chi connectivity index (χ0n) is 40.3. The number of benzene rings is 3. The Morgan fingerprint density at radius 2 is 1.56 bits per heavy atom. The van der Waals surface area contributed by atoms with Gasteiger partial charge in [0.1, 0.15) is 17.1 Å². The number of aliphatic carboxylic acids is 1. The van der Waals surface area contributed by atoms with Crippen LogP contribution in [0.4, 0.5) is 39.7 Å². The van der Waals surface area contributed by atoms with E-state index in [1.165, 1.54) is 62.4 Å². The summed E-state index contributed by atoms with van der Waals surface area (Å²) in [5.41, 5.74) is 0.807. The van der Waals surface area contributed by atoms with Crippen LogP contribution in [-0.4, -0.2) is 125 Å². The number of carbonyl (C=O) groups excluding carboxylic acids is 4. The summed E-state index contributed by atoms with van der Waals surface area (Å²) in [6.07, 6.45) is 1.22. The van der Waals surface area contributed by atoms with Crippen LogP contribution < -0.4 is 39.4 Å². The monoisotopic (exact) mass is 1160 g/mol. The number of amides is 5. The number of urea groups is 1. The summed E-state index contributed by atoms with van der Waals surface area (Å²) in [6.45, 7) is 0.799. The zero-order valence-corrected chi connectivity index (χ0v) is 43.5. The Labute approximate surface area is 444 Å². The lowest BCUT2D eigenvalue weighted by molar-refractivity contribution is -0.136. The maximum absolute atomic E-state index is 14.7. The lowest BCUT2D eigenvalue weighted by Crippen LogP contribution is -2.39. The molecule has 1 aliphatic carbocycles. The molecule has 4 aromatic rings. The van der Waals surface area contributed by atoms with Crippen molar-refractivity contribution in [2.45, 2.75) is 56.5 Å². The number of nitrogens with one attached hydrogen (secondary N) is 3. The normalized spacial score (nSPS) is 13.9. The van der Waals surface area contributed by atoms with Crippen LogP contribution >= 0.6 is 30.8 Å². The van der Waals surface area contributed by atoms with Crippen LogP contribution in [-0.2, 0) is 40.2 Å². The SMILES string of the molecule is C#CCN1C(=O)COc2cc(F)c(N3C(=O)C4=C(CCCC4)C3=O)cc21.COc1c(Cl)ccc(Cl)c1C(=O)O.COc1nc(C)nc(NC(=O)NS(=O)(=O)c2ccccc2CCC(F)(F)F)n1.O=C(O)CNCP(=O)(O)O. The highest BCUT2D eigenvalue weighted by Crippen LogP contribution is 2.42. The number of hydrogen-bond acceptors (Lipinski definition) is 16. The molecule has 0 bridgehead atoms. The van der Waals surface area contributed by atoms with Crippen molar-refractivity contribution in [3.8, 4) is 29.9 Å². The summed E-state index contributed by atoms with van der Waals surface area (Å²) < 4.78 is 104. The Kier molecular flexibility index (Phi) is 21.8. The summed E-state index contributed by atoms with van der Waals surface area (Å²) in [7, 11) is -5.90. The Balaban J connectivity index is 0.000000240. The highest BCUT2D eigenvalue weighted by molar-refractivity contribution is 7.90. The van der Waals surface area contributed by atoms with E-state index >= 15 is 0 Å². The van der Waals surface area contributed by atoms with Gasteiger partial charge < -0.3 is 34.2 Å². The number of halogens is 6. The number of fused-ring (bicyclic) bond motifs is 1. The second-order valence-electron chi connectivity index (χ2n) is 15.7. The van der Waals surface area contributed by atoms with Crippen LogP contribution in [0.2, 0.25) is 10.0 Å². The van der Waals surface area contributed by atoms with Crippen LogP contribution in [0.15, 0.2) is 64.6 Å². The number of rotatable bonds is 14. The van der Waals surface area contributed by atoms with E-state index < -0.39 is 90.0 Å². The van der Waals surface area contributed by atoms with Crippen LogP contribution in [0.5, 0.6) is 17.5 Å². The van der Waals surface area contributed by atoms with E-state index in [4.69, 9.17) is 63.8 Å². The number of carbonyl (C=O) groups is 6. The molecule has 7 N–H and O–H groups in total. The number of imide groups is 1. The van der Waals surface area contributed by atoms with Crippen molar-refractivity contribution >= 4 is 93.8 Å². The fraction of sp³-hybridized carbons (Fsp3) is 0.311. The zero-order chi connectivity index (χ0) is 57.6. The molecule has 2 aliphatic heterocycles. The fourth-order valence-electron chi connectivity index (χ4n) is 7.00. The van der Waals surface area contributed by atoms with Gasteiger partial charge >= 0.3 is 37.8 Å². The highest BCUT2D eigenvalue weighted by Gasteiger charge is 2.42. The number of aromatic carboxylic acids is 1. The van der Waals surface area contributed by atoms with Crippen molar-refractivity contribution in [3.63, 3.8) is 0 Å². The number of aromatic nitrogens is 3. The summed E-state index contributed by atoms with van der Waals surface area (Å²) in [5.74, 6) is -1.87. The largest absolute Gasteiger partial charge is 0.494 e. The summed E-state index contributed by atoms with van der Waals surface area (Å²) in [6, 6.07) is 9.07. The molecule has 7 rings (SSSR count). The second-order valence-corrected chi connectivity index (χ2v) is 19.8. The Morgan fingerprint density at radius 1 is 0.935 bits per heavy atom.